The highest BCUT2D eigenvalue weighted by atomic mass is 79.9. The van der Waals surface area contributed by atoms with E-state index in [-0.39, 0.29) is 0 Å². The van der Waals surface area contributed by atoms with Crippen LogP contribution in [0.4, 0.5) is 0 Å². The van der Waals surface area contributed by atoms with Crippen molar-refractivity contribution in [1.82, 2.24) is 9.88 Å². The Hall–Kier alpha value is -0.610. The smallest absolute Gasteiger partial charge is 0.216 e. The molecule has 2 heterocycles. The third-order valence-corrected chi connectivity index (χ3v) is 3.06. The first kappa shape index (κ1) is 10.9. The average molecular weight is 271 g/mol. The van der Waals surface area contributed by atoms with Gasteiger partial charge in [0.05, 0.1) is 0 Å². The molecule has 1 atom stereocenters. The van der Waals surface area contributed by atoms with Gasteiger partial charge in [0.1, 0.15) is 6.10 Å². The van der Waals surface area contributed by atoms with Crippen molar-refractivity contribution in [2.45, 2.75) is 19.4 Å². The van der Waals surface area contributed by atoms with Crippen molar-refractivity contribution in [2.75, 3.05) is 20.1 Å². The molecule has 82 valence electrons. The molecule has 4 heteroatoms. The van der Waals surface area contributed by atoms with Crippen LogP contribution in [0.5, 0.6) is 5.88 Å². The number of nitrogens with zero attached hydrogens (tertiary/aromatic N) is 2. The number of rotatable bonds is 2. The Morgan fingerprint density at radius 1 is 1.60 bits per heavy atom. The van der Waals surface area contributed by atoms with Crippen molar-refractivity contribution in [3.63, 3.8) is 0 Å². The van der Waals surface area contributed by atoms with Crippen LogP contribution in [-0.4, -0.2) is 36.1 Å². The van der Waals surface area contributed by atoms with Gasteiger partial charge in [-0.25, -0.2) is 4.98 Å². The summed E-state index contributed by atoms with van der Waals surface area (Å²) in [5.74, 6) is 0.763. The van der Waals surface area contributed by atoms with Gasteiger partial charge in [-0.15, -0.1) is 0 Å². The minimum Gasteiger partial charge on any atom is -0.473 e. The predicted octanol–water partition coefficient (Wildman–Crippen LogP) is 2.24. The molecule has 15 heavy (non-hydrogen) atoms. The summed E-state index contributed by atoms with van der Waals surface area (Å²) in [7, 11) is 2.12. The number of likely N-dealkylation sites (N-methyl/N-ethyl adjacent to an activating group) is 1. The summed E-state index contributed by atoms with van der Waals surface area (Å²) in [4.78, 5) is 6.56. The third kappa shape index (κ3) is 2.69. The zero-order valence-corrected chi connectivity index (χ0v) is 10.6. The molecule has 1 aliphatic heterocycles. The van der Waals surface area contributed by atoms with Crippen LogP contribution in [-0.2, 0) is 0 Å². The highest BCUT2D eigenvalue weighted by Crippen LogP contribution is 2.21. The van der Waals surface area contributed by atoms with Gasteiger partial charge in [0.25, 0.3) is 0 Å². The molecular weight excluding hydrogens is 256 g/mol. The van der Waals surface area contributed by atoms with Crippen LogP contribution in [0.1, 0.15) is 12.0 Å². The van der Waals surface area contributed by atoms with Crippen molar-refractivity contribution in [3.05, 3.63) is 22.3 Å². The van der Waals surface area contributed by atoms with Gasteiger partial charge in [-0.1, -0.05) is 0 Å². The van der Waals surface area contributed by atoms with Crippen LogP contribution in [0.15, 0.2) is 16.7 Å². The fourth-order valence-corrected chi connectivity index (χ4v) is 2.25. The molecule has 1 aliphatic rings. The van der Waals surface area contributed by atoms with E-state index in [1.807, 2.05) is 13.0 Å². The number of hydrogen-bond acceptors (Lipinski definition) is 3. The topological polar surface area (TPSA) is 25.4 Å². The lowest BCUT2D eigenvalue weighted by Crippen LogP contribution is -2.22. The predicted molar refractivity (Wildman–Crippen MR) is 63.2 cm³/mol. The third-order valence-electron chi connectivity index (χ3n) is 2.62. The maximum Gasteiger partial charge on any atom is 0.216 e. The van der Waals surface area contributed by atoms with Crippen molar-refractivity contribution in [3.8, 4) is 5.88 Å². The van der Waals surface area contributed by atoms with E-state index in [4.69, 9.17) is 4.74 Å². The Labute approximate surface area is 98.6 Å². The summed E-state index contributed by atoms with van der Waals surface area (Å²) in [6.07, 6.45) is 3.16. The van der Waals surface area contributed by atoms with E-state index in [1.165, 1.54) is 0 Å². The van der Waals surface area contributed by atoms with E-state index < -0.39 is 0 Å². The monoisotopic (exact) mass is 270 g/mol. The van der Waals surface area contributed by atoms with Gasteiger partial charge in [0.15, 0.2) is 0 Å². The molecule has 3 nitrogen and oxygen atoms in total. The lowest BCUT2D eigenvalue weighted by Gasteiger charge is -2.14. The van der Waals surface area contributed by atoms with E-state index in [9.17, 15) is 0 Å². The van der Waals surface area contributed by atoms with Gasteiger partial charge in [0.2, 0.25) is 5.88 Å². The highest BCUT2D eigenvalue weighted by molar-refractivity contribution is 9.10. The molecule has 1 unspecified atom stereocenters. The molecule has 0 amide bonds. The normalized spacial score (nSPS) is 21.9. The van der Waals surface area contributed by atoms with Gasteiger partial charge in [-0.3, -0.25) is 0 Å². The number of aromatic nitrogens is 1. The SMILES string of the molecule is Cc1cc(Br)cnc1OC1CCN(C)C1. The van der Waals surface area contributed by atoms with Crippen LogP contribution in [0.25, 0.3) is 0 Å². The fraction of sp³-hybridized carbons (Fsp3) is 0.545. The molecule has 0 bridgehead atoms. The second-order valence-corrected chi connectivity index (χ2v) is 4.98. The molecule has 1 fully saturated rings. The maximum absolute atomic E-state index is 5.86. The van der Waals surface area contributed by atoms with Crippen LogP contribution >= 0.6 is 15.9 Å². The van der Waals surface area contributed by atoms with Crippen LogP contribution in [0.2, 0.25) is 0 Å². The van der Waals surface area contributed by atoms with Gasteiger partial charge >= 0.3 is 0 Å². The second-order valence-electron chi connectivity index (χ2n) is 4.07. The molecule has 0 N–H and O–H groups in total. The van der Waals surface area contributed by atoms with E-state index in [1.54, 1.807) is 6.20 Å². The molecule has 1 aromatic heterocycles. The van der Waals surface area contributed by atoms with E-state index >= 15 is 0 Å². The van der Waals surface area contributed by atoms with E-state index in [2.05, 4.69) is 32.9 Å². The van der Waals surface area contributed by atoms with Crippen LogP contribution < -0.4 is 4.74 Å². The molecule has 0 aliphatic carbocycles. The van der Waals surface area contributed by atoms with Crippen LogP contribution in [0.3, 0.4) is 0 Å². The second kappa shape index (κ2) is 4.49. The Morgan fingerprint density at radius 3 is 3.00 bits per heavy atom. The Balaban J connectivity index is 2.04. The standard InChI is InChI=1S/C11H15BrN2O/c1-8-5-9(12)6-13-11(8)15-10-3-4-14(2)7-10/h5-6,10H,3-4,7H2,1-2H3. The number of likely N-dealkylation sites (tertiary alicyclic amines) is 1. The lowest BCUT2D eigenvalue weighted by molar-refractivity contribution is 0.198. The number of aryl methyl sites for hydroxylation is 1. The number of halogens is 1. The summed E-state index contributed by atoms with van der Waals surface area (Å²) in [5.41, 5.74) is 1.08. The van der Waals surface area contributed by atoms with Gasteiger partial charge in [-0.2, -0.15) is 0 Å². The van der Waals surface area contributed by atoms with Crippen molar-refractivity contribution in [2.24, 2.45) is 0 Å². The minimum absolute atomic E-state index is 0.294. The van der Waals surface area contributed by atoms with Gasteiger partial charge in [0, 0.05) is 29.3 Å². The maximum atomic E-state index is 5.86. The molecular formula is C11H15BrN2O. The Kier molecular flexibility index (Phi) is 3.26. The summed E-state index contributed by atoms with van der Waals surface area (Å²) in [5, 5.41) is 0. The molecule has 0 saturated carbocycles. The molecule has 2 rings (SSSR count). The largest absolute Gasteiger partial charge is 0.473 e. The zero-order chi connectivity index (χ0) is 10.8. The Morgan fingerprint density at radius 2 is 2.40 bits per heavy atom. The average Bonchev–Trinajstić information content (AvgIpc) is 2.56. The quantitative estimate of drug-likeness (QED) is 0.824. The number of pyridine rings is 1. The highest BCUT2D eigenvalue weighted by Gasteiger charge is 2.21. The molecule has 0 radical (unpaired) electrons. The van der Waals surface area contributed by atoms with Crippen molar-refractivity contribution >= 4 is 15.9 Å². The van der Waals surface area contributed by atoms with Gasteiger partial charge in [-0.05, 0) is 42.4 Å². The van der Waals surface area contributed by atoms with E-state index in [0.717, 1.165) is 35.4 Å². The van der Waals surface area contributed by atoms with E-state index in [0.29, 0.717) is 6.10 Å². The zero-order valence-electron chi connectivity index (χ0n) is 9.03. The minimum atomic E-state index is 0.294. The summed E-state index contributed by atoms with van der Waals surface area (Å²) < 4.78 is 6.85. The van der Waals surface area contributed by atoms with Crippen molar-refractivity contribution < 1.29 is 4.74 Å². The molecule has 0 aromatic carbocycles. The first-order valence-corrected chi connectivity index (χ1v) is 5.92. The van der Waals surface area contributed by atoms with Crippen molar-refractivity contribution in [1.29, 1.82) is 0 Å². The Bertz CT molecular complexity index is 356. The lowest BCUT2D eigenvalue weighted by atomic mass is 10.3. The molecule has 0 spiro atoms. The van der Waals surface area contributed by atoms with Gasteiger partial charge < -0.3 is 9.64 Å². The first-order valence-electron chi connectivity index (χ1n) is 5.12. The molecule has 1 aromatic rings. The summed E-state index contributed by atoms with van der Waals surface area (Å²) in [6.45, 7) is 4.13. The summed E-state index contributed by atoms with van der Waals surface area (Å²) >= 11 is 3.39. The first-order chi connectivity index (χ1) is 7.15. The number of hydrogen-bond donors (Lipinski definition) is 0. The molecule has 1 saturated heterocycles. The number of ether oxygens (including phenoxy) is 1. The summed E-state index contributed by atoms with van der Waals surface area (Å²) in [6, 6.07) is 2.03. The van der Waals surface area contributed by atoms with Crippen LogP contribution in [0, 0.1) is 6.92 Å². The fourth-order valence-electron chi connectivity index (χ4n) is 1.80.